The van der Waals surface area contributed by atoms with Gasteiger partial charge in [-0.25, -0.2) is 0 Å². The predicted molar refractivity (Wildman–Crippen MR) is 85.9 cm³/mol. The Kier molecular flexibility index (Phi) is 3.19. The van der Waals surface area contributed by atoms with Gasteiger partial charge in [0, 0.05) is 5.76 Å². The van der Waals surface area contributed by atoms with Crippen LogP contribution in [-0.4, -0.2) is 12.2 Å². The van der Waals surface area contributed by atoms with Gasteiger partial charge in [-0.3, -0.25) is 0 Å². The first kappa shape index (κ1) is 12.7. The summed E-state index contributed by atoms with van der Waals surface area (Å²) in [6.07, 6.45) is 1.98. The first-order valence-electron chi connectivity index (χ1n) is 6.90. The molecule has 2 aromatic rings. The minimum Gasteiger partial charge on any atom is -0.692 e. The molecule has 0 fully saturated rings. The Balaban J connectivity index is 2.22. The lowest BCUT2D eigenvalue weighted by molar-refractivity contribution is 0.428. The summed E-state index contributed by atoms with van der Waals surface area (Å²) in [5.74, 6) is 0.908. The third kappa shape index (κ3) is 2.16. The minimum absolute atomic E-state index is 0.908. The van der Waals surface area contributed by atoms with Gasteiger partial charge in [0.1, 0.15) is 0 Å². The van der Waals surface area contributed by atoms with Crippen molar-refractivity contribution in [3.8, 4) is 0 Å². The van der Waals surface area contributed by atoms with E-state index in [0.717, 1.165) is 22.4 Å². The summed E-state index contributed by atoms with van der Waals surface area (Å²) in [7, 11) is 0. The van der Waals surface area contributed by atoms with E-state index in [2.05, 4.69) is 24.3 Å². The smallest absolute Gasteiger partial charge is 0.335 e. The largest absolute Gasteiger partial charge is 0.692 e. The maximum atomic E-state index is 6.25. The third-order valence-electron chi connectivity index (χ3n) is 3.66. The van der Waals surface area contributed by atoms with E-state index in [1.165, 1.54) is 0 Å². The van der Waals surface area contributed by atoms with Gasteiger partial charge in [0.05, 0.1) is 0 Å². The van der Waals surface area contributed by atoms with Gasteiger partial charge < -0.3 is 9.56 Å². The summed E-state index contributed by atoms with van der Waals surface area (Å²) >= 11 is 0. The monoisotopic (exact) mass is 262 g/mol. The standard InChI is InChI=1S/C17H17BNO/c1-14-13-15(2)20-18(19-14,16-9-5-3-6-10-16)17-11-7-4-8-12-17/h3-13H,1-2H3/q-1. The van der Waals surface area contributed by atoms with Gasteiger partial charge in [0.2, 0.25) is 0 Å². The van der Waals surface area contributed by atoms with E-state index in [1.54, 1.807) is 0 Å². The van der Waals surface area contributed by atoms with Crippen molar-refractivity contribution in [1.29, 1.82) is 0 Å². The Bertz CT molecular complexity index is 622. The van der Waals surface area contributed by atoms with E-state index in [9.17, 15) is 0 Å². The van der Waals surface area contributed by atoms with Crippen LogP contribution in [0.5, 0.6) is 0 Å². The average molecular weight is 262 g/mol. The molecule has 1 aliphatic rings. The van der Waals surface area contributed by atoms with Crippen molar-refractivity contribution in [2.24, 2.45) is 4.90 Å². The second kappa shape index (κ2) is 5.01. The van der Waals surface area contributed by atoms with Gasteiger partial charge in [-0.1, -0.05) is 60.7 Å². The lowest BCUT2D eigenvalue weighted by atomic mass is 9.42. The zero-order chi connectivity index (χ0) is 14.0. The van der Waals surface area contributed by atoms with E-state index in [-0.39, 0.29) is 0 Å². The molecule has 0 saturated carbocycles. The highest BCUT2D eigenvalue weighted by Crippen LogP contribution is 2.18. The van der Waals surface area contributed by atoms with Crippen molar-refractivity contribution in [3.63, 3.8) is 0 Å². The Morgan fingerprint density at radius 3 is 1.75 bits per heavy atom. The molecule has 0 amide bonds. The Labute approximate surface area is 119 Å². The predicted octanol–water partition coefficient (Wildman–Crippen LogP) is 2.64. The number of hydrogen-bond acceptors (Lipinski definition) is 2. The van der Waals surface area contributed by atoms with Crippen molar-refractivity contribution in [1.82, 2.24) is 0 Å². The van der Waals surface area contributed by atoms with E-state index < -0.39 is 6.48 Å². The van der Waals surface area contributed by atoms with Crippen molar-refractivity contribution in [3.05, 3.63) is 72.5 Å². The molecular weight excluding hydrogens is 245 g/mol. The van der Waals surface area contributed by atoms with Crippen molar-refractivity contribution < 1.29 is 4.65 Å². The summed E-state index contributed by atoms with van der Waals surface area (Å²) < 4.78 is 6.25. The maximum absolute atomic E-state index is 6.25. The molecule has 2 aromatic carbocycles. The van der Waals surface area contributed by atoms with Crippen LogP contribution in [0.25, 0.3) is 0 Å². The Morgan fingerprint density at radius 2 is 1.30 bits per heavy atom. The highest BCUT2D eigenvalue weighted by Gasteiger charge is 2.32. The summed E-state index contributed by atoms with van der Waals surface area (Å²) in [4.78, 5) is 4.89. The fraction of sp³-hybridized carbons (Fsp3) is 0.118. The van der Waals surface area contributed by atoms with Gasteiger partial charge >= 0.3 is 6.48 Å². The molecule has 0 atom stereocenters. The van der Waals surface area contributed by atoms with E-state index in [0.29, 0.717) is 0 Å². The molecule has 0 aliphatic carbocycles. The normalized spacial score (nSPS) is 16.9. The van der Waals surface area contributed by atoms with Gasteiger partial charge in [0.15, 0.2) is 0 Å². The molecule has 0 unspecified atom stereocenters. The molecule has 2 nitrogen and oxygen atoms in total. The van der Waals surface area contributed by atoms with E-state index in [1.807, 2.05) is 56.3 Å². The lowest BCUT2D eigenvalue weighted by Crippen LogP contribution is -2.60. The van der Waals surface area contributed by atoms with Gasteiger partial charge in [-0.15, -0.1) is 10.9 Å². The number of allylic oxidation sites excluding steroid dienone is 2. The SMILES string of the molecule is CC1=CC(C)=N[B-](c2ccccc2)(c2ccccc2)O1. The molecule has 0 bridgehead atoms. The number of benzene rings is 2. The summed E-state index contributed by atoms with van der Waals surface area (Å²) in [6, 6.07) is 20.5. The Hall–Kier alpha value is -2.29. The topological polar surface area (TPSA) is 21.6 Å². The molecule has 0 N–H and O–H groups in total. The van der Waals surface area contributed by atoms with Crippen molar-refractivity contribution in [2.75, 3.05) is 0 Å². The maximum Gasteiger partial charge on any atom is 0.335 e. The van der Waals surface area contributed by atoms with Crippen LogP contribution in [0, 0.1) is 0 Å². The van der Waals surface area contributed by atoms with E-state index in [4.69, 9.17) is 9.56 Å². The minimum atomic E-state index is -1.57. The van der Waals surface area contributed by atoms with Crippen LogP contribution in [0.15, 0.2) is 77.4 Å². The zero-order valence-corrected chi connectivity index (χ0v) is 11.8. The fourth-order valence-corrected chi connectivity index (χ4v) is 2.85. The molecule has 0 aromatic heterocycles. The number of hydrogen-bond donors (Lipinski definition) is 0. The molecular formula is C17H17BNO-. The number of rotatable bonds is 2. The molecule has 1 heterocycles. The van der Waals surface area contributed by atoms with Crippen LogP contribution < -0.4 is 10.9 Å². The summed E-state index contributed by atoms with van der Waals surface area (Å²) in [6.45, 7) is 2.44. The van der Waals surface area contributed by atoms with Crippen LogP contribution in [0.2, 0.25) is 0 Å². The molecule has 100 valence electrons. The molecule has 20 heavy (non-hydrogen) atoms. The van der Waals surface area contributed by atoms with Gasteiger partial charge in [-0.2, -0.15) is 0 Å². The van der Waals surface area contributed by atoms with Gasteiger partial charge in [-0.05, 0) is 25.6 Å². The average Bonchev–Trinajstić information content (AvgIpc) is 2.48. The van der Waals surface area contributed by atoms with Crippen LogP contribution >= 0.6 is 0 Å². The second-order valence-corrected chi connectivity index (χ2v) is 5.21. The molecule has 0 radical (unpaired) electrons. The second-order valence-electron chi connectivity index (χ2n) is 5.21. The Morgan fingerprint density at radius 1 is 0.800 bits per heavy atom. The van der Waals surface area contributed by atoms with Crippen molar-refractivity contribution in [2.45, 2.75) is 13.8 Å². The molecule has 1 aliphatic heterocycles. The number of nitrogens with zero attached hydrogens (tertiary/aromatic N) is 1. The molecule has 3 heteroatoms. The molecule has 0 saturated heterocycles. The molecule has 3 rings (SSSR count). The molecule has 0 spiro atoms. The van der Waals surface area contributed by atoms with Gasteiger partial charge in [0.25, 0.3) is 0 Å². The highest BCUT2D eigenvalue weighted by atomic mass is 16.5. The van der Waals surface area contributed by atoms with E-state index >= 15 is 0 Å². The zero-order valence-electron chi connectivity index (χ0n) is 11.8. The lowest BCUT2D eigenvalue weighted by Gasteiger charge is -2.43. The first-order chi connectivity index (χ1) is 9.71. The quantitative estimate of drug-likeness (QED) is 0.762. The first-order valence-corrected chi connectivity index (χ1v) is 6.90. The van der Waals surface area contributed by atoms with Crippen LogP contribution in [-0.2, 0) is 4.65 Å². The summed E-state index contributed by atoms with van der Waals surface area (Å²) in [5.41, 5.74) is 3.21. The third-order valence-corrected chi connectivity index (χ3v) is 3.66. The fourth-order valence-electron chi connectivity index (χ4n) is 2.85. The van der Waals surface area contributed by atoms with Crippen LogP contribution in [0.3, 0.4) is 0 Å². The van der Waals surface area contributed by atoms with Crippen molar-refractivity contribution >= 4 is 23.1 Å². The summed E-state index contributed by atoms with van der Waals surface area (Å²) in [5, 5.41) is 0. The van der Waals surface area contributed by atoms with Crippen LogP contribution in [0.1, 0.15) is 13.8 Å². The van der Waals surface area contributed by atoms with Crippen LogP contribution in [0.4, 0.5) is 0 Å². The highest BCUT2D eigenvalue weighted by molar-refractivity contribution is 6.97.